The first-order valence-electron chi connectivity index (χ1n) is 11.1. The van der Waals surface area contributed by atoms with Crippen molar-refractivity contribution >= 4 is 41.8 Å². The van der Waals surface area contributed by atoms with E-state index in [9.17, 15) is 14.0 Å². The van der Waals surface area contributed by atoms with Crippen LogP contribution in [0.4, 0.5) is 15.8 Å². The summed E-state index contributed by atoms with van der Waals surface area (Å²) in [7, 11) is 1.56. The van der Waals surface area contributed by atoms with E-state index in [4.69, 9.17) is 14.2 Å². The second kappa shape index (κ2) is 12.6. The lowest BCUT2D eigenvalue weighted by molar-refractivity contribution is -0.129. The molecule has 0 aliphatic carbocycles. The van der Waals surface area contributed by atoms with Gasteiger partial charge in [-0.3, -0.25) is 9.59 Å². The first-order chi connectivity index (χ1) is 16.9. The van der Waals surface area contributed by atoms with Crippen LogP contribution in [0.25, 0.3) is 12.4 Å². The van der Waals surface area contributed by atoms with Gasteiger partial charge in [-0.05, 0) is 42.5 Å². The van der Waals surface area contributed by atoms with Gasteiger partial charge < -0.3 is 30.2 Å². The number of ether oxygens (including phenoxy) is 3. The molecule has 0 saturated carbocycles. The Morgan fingerprint density at radius 2 is 1.83 bits per heavy atom. The Kier molecular flexibility index (Phi) is 9.33. The van der Waals surface area contributed by atoms with E-state index < -0.39 is 11.7 Å². The van der Waals surface area contributed by atoms with Gasteiger partial charge in [-0.2, -0.15) is 0 Å². The van der Waals surface area contributed by atoms with Gasteiger partial charge in [-0.1, -0.05) is 6.58 Å². The van der Waals surface area contributed by atoms with Crippen molar-refractivity contribution in [3.63, 3.8) is 0 Å². The van der Waals surface area contributed by atoms with Gasteiger partial charge in [-0.15, -0.1) is 0 Å². The highest BCUT2D eigenvalue weighted by molar-refractivity contribution is 6.03. The summed E-state index contributed by atoms with van der Waals surface area (Å²) < 4.78 is 30.3. The number of carbonyl (C=O) groups is 2. The zero-order valence-electron chi connectivity index (χ0n) is 19.7. The van der Waals surface area contributed by atoms with Crippen LogP contribution < -0.4 is 31.1 Å². The maximum Gasteiger partial charge on any atom is 0.233 e. The summed E-state index contributed by atoms with van der Waals surface area (Å²) in [6.07, 6.45) is 1.26. The Bertz CT molecular complexity index is 1180. The summed E-state index contributed by atoms with van der Waals surface area (Å²) in [6.45, 7) is 7.27. The largest absolute Gasteiger partial charge is 0.491 e. The van der Waals surface area contributed by atoms with Crippen molar-refractivity contribution in [1.29, 1.82) is 0 Å². The molecular weight excluding hydrogens is 455 g/mol. The van der Waals surface area contributed by atoms with Crippen molar-refractivity contribution in [3.8, 4) is 5.75 Å². The molecule has 0 aromatic heterocycles. The molecule has 1 fully saturated rings. The van der Waals surface area contributed by atoms with Crippen LogP contribution in [0.1, 0.15) is 13.3 Å². The van der Waals surface area contributed by atoms with Gasteiger partial charge in [0.05, 0.1) is 31.1 Å². The van der Waals surface area contributed by atoms with E-state index in [0.29, 0.717) is 48.8 Å². The molecule has 3 rings (SSSR count). The first-order valence-corrected chi connectivity index (χ1v) is 11.1. The van der Waals surface area contributed by atoms with Crippen molar-refractivity contribution in [1.82, 2.24) is 5.32 Å². The quantitative estimate of drug-likeness (QED) is 0.253. The summed E-state index contributed by atoms with van der Waals surface area (Å²) in [4.78, 5) is 28.3. The molecule has 0 bridgehead atoms. The number of carbonyl (C=O) groups excluding carboxylic acids is 2. The number of benzene rings is 2. The maximum absolute atomic E-state index is 14.9. The molecule has 1 aliphatic rings. The molecule has 1 heterocycles. The Balaban J connectivity index is 1.69. The average Bonchev–Trinajstić information content (AvgIpc) is 2.77. The standard InChI is InChI=1S/C25H29FN4O5/c1-4-27-25(24-16(2)11-20(12-21(24)26)35-10-9-33-3)30-18-7-5-17(6-8-18)28-22(31)13-23(32)29-19-14-34-15-19/h4-8,11-12,19,30H,2,9-10,13-15H2,1,3H3,(H,28,31)(H,29,32)/b25-24-,27-4-. The van der Waals surface area contributed by atoms with Gasteiger partial charge in [0.2, 0.25) is 11.8 Å². The molecule has 35 heavy (non-hydrogen) atoms. The topological polar surface area (TPSA) is 110 Å². The Hall–Kier alpha value is -3.76. The number of amides is 2. The number of nitrogens with zero attached hydrogens (tertiary/aromatic N) is 1. The van der Waals surface area contributed by atoms with Crippen LogP contribution in [0, 0.1) is 5.82 Å². The van der Waals surface area contributed by atoms with Crippen LogP contribution in [0.5, 0.6) is 5.75 Å². The van der Waals surface area contributed by atoms with E-state index >= 15 is 0 Å². The molecule has 2 aromatic carbocycles. The van der Waals surface area contributed by atoms with E-state index in [0.717, 1.165) is 0 Å². The van der Waals surface area contributed by atoms with E-state index in [2.05, 4.69) is 27.5 Å². The fourth-order valence-corrected chi connectivity index (χ4v) is 3.24. The smallest absolute Gasteiger partial charge is 0.233 e. The molecular formula is C25H29FN4O5. The lowest BCUT2D eigenvalue weighted by Crippen LogP contribution is -2.49. The highest BCUT2D eigenvalue weighted by Crippen LogP contribution is 2.16. The summed E-state index contributed by atoms with van der Waals surface area (Å²) in [5.74, 6) is -0.696. The highest BCUT2D eigenvalue weighted by atomic mass is 19.1. The van der Waals surface area contributed by atoms with Crippen molar-refractivity contribution in [2.24, 2.45) is 4.99 Å². The van der Waals surface area contributed by atoms with Crippen LogP contribution in [-0.4, -0.2) is 57.6 Å². The zero-order chi connectivity index (χ0) is 25.2. The Labute approximate surface area is 202 Å². The molecule has 0 unspecified atom stereocenters. The first kappa shape index (κ1) is 25.9. The van der Waals surface area contributed by atoms with Gasteiger partial charge in [0.1, 0.15) is 30.4 Å². The third-order valence-corrected chi connectivity index (χ3v) is 4.95. The fraction of sp³-hybridized carbons (Fsp3) is 0.320. The van der Waals surface area contributed by atoms with E-state index in [1.54, 1.807) is 50.6 Å². The molecule has 2 aromatic rings. The van der Waals surface area contributed by atoms with Crippen molar-refractivity contribution in [2.45, 2.75) is 19.4 Å². The molecule has 3 N–H and O–H groups in total. The average molecular weight is 485 g/mol. The molecule has 10 heteroatoms. The van der Waals surface area contributed by atoms with Gasteiger partial charge >= 0.3 is 0 Å². The van der Waals surface area contributed by atoms with Crippen LogP contribution in [0.2, 0.25) is 0 Å². The van der Waals surface area contributed by atoms with Crippen LogP contribution in [0.3, 0.4) is 0 Å². The Morgan fingerprint density at radius 3 is 2.40 bits per heavy atom. The highest BCUT2D eigenvalue weighted by Gasteiger charge is 2.21. The number of anilines is 2. The lowest BCUT2D eigenvalue weighted by atomic mass is 10.2. The minimum Gasteiger partial charge on any atom is -0.491 e. The molecule has 0 spiro atoms. The number of hydrogen-bond donors (Lipinski definition) is 3. The van der Waals surface area contributed by atoms with Gasteiger partial charge in [-0.25, -0.2) is 9.38 Å². The normalized spacial score (nSPS) is 14.3. The minimum absolute atomic E-state index is 0.0278. The SMILES string of the molecule is C=c1cc(OCCOC)cc(F)/c1=C(/N=C\C)Nc1ccc(NC(=O)CC(=O)NC2COC2)cc1. The molecule has 1 saturated heterocycles. The van der Waals surface area contributed by atoms with Crippen molar-refractivity contribution < 1.29 is 28.2 Å². The van der Waals surface area contributed by atoms with Crippen LogP contribution in [0.15, 0.2) is 41.4 Å². The maximum atomic E-state index is 14.9. The minimum atomic E-state index is -0.534. The van der Waals surface area contributed by atoms with E-state index in [1.807, 2.05) is 0 Å². The van der Waals surface area contributed by atoms with Crippen molar-refractivity contribution in [3.05, 3.63) is 52.7 Å². The molecule has 186 valence electrons. The predicted octanol–water partition coefficient (Wildman–Crippen LogP) is 1.37. The summed E-state index contributed by atoms with van der Waals surface area (Å²) in [6, 6.07) is 9.62. The van der Waals surface area contributed by atoms with Crippen LogP contribution >= 0.6 is 0 Å². The van der Waals surface area contributed by atoms with Gasteiger partial charge in [0, 0.05) is 30.8 Å². The number of aliphatic imine (C=N–C) groups is 1. The third-order valence-electron chi connectivity index (χ3n) is 4.95. The van der Waals surface area contributed by atoms with E-state index in [1.165, 1.54) is 6.07 Å². The monoisotopic (exact) mass is 484 g/mol. The van der Waals surface area contributed by atoms with E-state index in [-0.39, 0.29) is 29.4 Å². The zero-order valence-corrected chi connectivity index (χ0v) is 19.7. The lowest BCUT2D eigenvalue weighted by Gasteiger charge is -2.26. The molecule has 0 radical (unpaired) electrons. The number of methoxy groups -OCH3 is 1. The second-order valence-corrected chi connectivity index (χ2v) is 7.75. The number of rotatable bonds is 11. The summed E-state index contributed by atoms with van der Waals surface area (Å²) >= 11 is 0. The summed E-state index contributed by atoms with van der Waals surface area (Å²) in [5.41, 5.74) is 1.13. The number of nitrogens with one attached hydrogen (secondary N) is 3. The number of hydrogen-bond acceptors (Lipinski definition) is 7. The molecule has 2 amide bonds. The fourth-order valence-electron chi connectivity index (χ4n) is 3.24. The molecule has 0 atom stereocenters. The van der Waals surface area contributed by atoms with Crippen LogP contribution in [-0.2, 0) is 19.1 Å². The third kappa shape index (κ3) is 7.62. The second-order valence-electron chi connectivity index (χ2n) is 7.75. The predicted molar refractivity (Wildman–Crippen MR) is 132 cm³/mol. The van der Waals surface area contributed by atoms with Crippen molar-refractivity contribution in [2.75, 3.05) is 44.2 Å². The number of halogens is 1. The Morgan fingerprint density at radius 1 is 1.14 bits per heavy atom. The molecule has 9 nitrogen and oxygen atoms in total. The molecule has 1 aliphatic heterocycles. The van der Waals surface area contributed by atoms with Gasteiger partial charge in [0.15, 0.2) is 0 Å². The summed E-state index contributed by atoms with van der Waals surface area (Å²) in [5, 5.41) is 9.09. The van der Waals surface area contributed by atoms with Gasteiger partial charge in [0.25, 0.3) is 0 Å².